The van der Waals surface area contributed by atoms with Crippen molar-refractivity contribution in [1.82, 2.24) is 25.0 Å². The largest absolute Gasteiger partial charge is 0.324 e. The standard InChI is InChI=1S/C19H22N6O4S/c1-13-20-18(24-23-13)17(14-7-5-4-6-8-14)22-19(26)21-15-9-11-16(12-10-15)30(27,28)25(2)29-3/h4-12,17H,1-3H3,(H,20,23,24)(H2,21,22,26). The zero-order valence-electron chi connectivity index (χ0n) is 16.7. The fourth-order valence-corrected chi connectivity index (χ4v) is 3.66. The lowest BCUT2D eigenvalue weighted by molar-refractivity contribution is -0.0258. The maximum absolute atomic E-state index is 12.6. The van der Waals surface area contributed by atoms with Crippen molar-refractivity contribution >= 4 is 21.7 Å². The second kappa shape index (κ2) is 9.03. The van der Waals surface area contributed by atoms with Crippen LogP contribution in [-0.4, -0.2) is 48.3 Å². The van der Waals surface area contributed by atoms with Gasteiger partial charge in [-0.15, -0.1) is 0 Å². The number of nitrogens with one attached hydrogen (secondary N) is 3. The number of rotatable bonds is 7. The van der Waals surface area contributed by atoms with E-state index >= 15 is 0 Å². The molecule has 0 saturated carbocycles. The van der Waals surface area contributed by atoms with Crippen molar-refractivity contribution in [2.45, 2.75) is 17.9 Å². The smallest absolute Gasteiger partial charge is 0.320 e. The van der Waals surface area contributed by atoms with Gasteiger partial charge in [0.25, 0.3) is 10.0 Å². The number of sulfonamides is 1. The highest BCUT2D eigenvalue weighted by atomic mass is 32.2. The van der Waals surface area contributed by atoms with Crippen molar-refractivity contribution in [3.8, 4) is 0 Å². The number of aryl methyl sites for hydroxylation is 1. The first-order chi connectivity index (χ1) is 14.3. The molecule has 3 N–H and O–H groups in total. The molecule has 10 nitrogen and oxygen atoms in total. The molecule has 1 aromatic heterocycles. The van der Waals surface area contributed by atoms with E-state index in [0.717, 1.165) is 10.0 Å². The Morgan fingerprint density at radius 3 is 2.37 bits per heavy atom. The van der Waals surface area contributed by atoms with Crippen LogP contribution >= 0.6 is 0 Å². The maximum atomic E-state index is 12.6. The molecule has 0 aliphatic rings. The SMILES string of the molecule is CON(C)S(=O)(=O)c1ccc(NC(=O)NC(c2ccccc2)c2n[nH]c(C)n2)cc1. The summed E-state index contributed by atoms with van der Waals surface area (Å²) in [5, 5.41) is 12.5. The molecule has 0 aliphatic heterocycles. The first-order valence-corrected chi connectivity index (χ1v) is 10.4. The molecule has 3 aromatic rings. The molecular formula is C19H22N6O4S. The summed E-state index contributed by atoms with van der Waals surface area (Å²) < 4.78 is 25.2. The third-order valence-electron chi connectivity index (χ3n) is 4.29. The Labute approximate surface area is 174 Å². The molecule has 2 amide bonds. The van der Waals surface area contributed by atoms with Gasteiger partial charge in [-0.3, -0.25) is 9.94 Å². The van der Waals surface area contributed by atoms with Gasteiger partial charge >= 0.3 is 6.03 Å². The van der Waals surface area contributed by atoms with Gasteiger partial charge in [0.15, 0.2) is 5.82 Å². The van der Waals surface area contributed by atoms with E-state index in [0.29, 0.717) is 17.3 Å². The van der Waals surface area contributed by atoms with E-state index < -0.39 is 22.1 Å². The molecule has 1 atom stereocenters. The number of hydrogen-bond donors (Lipinski definition) is 3. The number of aromatic amines is 1. The van der Waals surface area contributed by atoms with Crippen LogP contribution in [0.25, 0.3) is 0 Å². The molecule has 0 fully saturated rings. The highest BCUT2D eigenvalue weighted by molar-refractivity contribution is 7.89. The molecule has 3 rings (SSSR count). The van der Waals surface area contributed by atoms with Crippen LogP contribution in [-0.2, 0) is 14.9 Å². The van der Waals surface area contributed by atoms with Gasteiger partial charge in [0, 0.05) is 12.7 Å². The summed E-state index contributed by atoms with van der Waals surface area (Å²) in [5.74, 6) is 1.06. The van der Waals surface area contributed by atoms with Crippen LogP contribution in [0.15, 0.2) is 59.5 Å². The Balaban J connectivity index is 1.75. The molecule has 30 heavy (non-hydrogen) atoms. The third-order valence-corrected chi connectivity index (χ3v) is 5.98. The summed E-state index contributed by atoms with van der Waals surface area (Å²) in [6.45, 7) is 1.77. The minimum absolute atomic E-state index is 0.0381. The third kappa shape index (κ3) is 4.82. The van der Waals surface area contributed by atoms with E-state index in [1.807, 2.05) is 30.3 Å². The summed E-state index contributed by atoms with van der Waals surface area (Å²) in [6.07, 6.45) is 0. The van der Waals surface area contributed by atoms with Crippen molar-refractivity contribution in [3.63, 3.8) is 0 Å². The Kier molecular flexibility index (Phi) is 6.45. The molecule has 1 heterocycles. The van der Waals surface area contributed by atoms with Crippen LogP contribution in [0.2, 0.25) is 0 Å². The quantitative estimate of drug-likeness (QED) is 0.493. The highest BCUT2D eigenvalue weighted by Gasteiger charge is 2.22. The highest BCUT2D eigenvalue weighted by Crippen LogP contribution is 2.20. The Morgan fingerprint density at radius 2 is 1.80 bits per heavy atom. The van der Waals surface area contributed by atoms with E-state index in [9.17, 15) is 13.2 Å². The van der Waals surface area contributed by atoms with Crippen molar-refractivity contribution < 1.29 is 18.0 Å². The van der Waals surface area contributed by atoms with E-state index in [-0.39, 0.29) is 4.90 Å². The van der Waals surface area contributed by atoms with Crippen molar-refractivity contribution in [3.05, 3.63) is 71.8 Å². The average molecular weight is 430 g/mol. The molecule has 2 aromatic carbocycles. The van der Waals surface area contributed by atoms with E-state index in [1.165, 1.54) is 38.4 Å². The van der Waals surface area contributed by atoms with E-state index in [1.54, 1.807) is 6.92 Å². The number of carbonyl (C=O) groups is 1. The van der Waals surface area contributed by atoms with Crippen molar-refractivity contribution in [2.75, 3.05) is 19.5 Å². The minimum atomic E-state index is -3.76. The van der Waals surface area contributed by atoms with Crippen LogP contribution in [0.3, 0.4) is 0 Å². The number of H-pyrrole nitrogens is 1. The number of benzene rings is 2. The van der Waals surface area contributed by atoms with Gasteiger partial charge in [-0.05, 0) is 36.8 Å². The summed E-state index contributed by atoms with van der Waals surface area (Å²) in [4.78, 5) is 21.7. The van der Waals surface area contributed by atoms with Gasteiger partial charge < -0.3 is 10.6 Å². The zero-order valence-corrected chi connectivity index (χ0v) is 17.5. The normalized spacial score (nSPS) is 12.5. The second-order valence-corrected chi connectivity index (χ2v) is 8.28. The van der Waals surface area contributed by atoms with Crippen LogP contribution in [0.4, 0.5) is 10.5 Å². The van der Waals surface area contributed by atoms with E-state index in [4.69, 9.17) is 4.84 Å². The summed E-state index contributed by atoms with van der Waals surface area (Å²) in [6, 6.07) is 14.0. The second-order valence-electron chi connectivity index (χ2n) is 6.34. The zero-order chi connectivity index (χ0) is 21.7. The fourth-order valence-electron chi connectivity index (χ4n) is 2.69. The van der Waals surface area contributed by atoms with Crippen LogP contribution in [0, 0.1) is 6.92 Å². The van der Waals surface area contributed by atoms with Crippen LogP contribution < -0.4 is 10.6 Å². The van der Waals surface area contributed by atoms with Crippen molar-refractivity contribution in [2.24, 2.45) is 0 Å². The molecule has 0 aliphatic carbocycles. The Morgan fingerprint density at radius 1 is 1.13 bits per heavy atom. The van der Waals surface area contributed by atoms with Gasteiger partial charge in [0.05, 0.1) is 12.0 Å². The summed E-state index contributed by atoms with van der Waals surface area (Å²) in [7, 11) is -1.20. The lowest BCUT2D eigenvalue weighted by Crippen LogP contribution is -2.33. The molecule has 0 saturated heterocycles. The molecule has 158 valence electrons. The Hall–Kier alpha value is -3.28. The number of nitrogens with zero attached hydrogens (tertiary/aromatic N) is 3. The molecule has 0 spiro atoms. The lowest BCUT2D eigenvalue weighted by Gasteiger charge is -2.17. The van der Waals surface area contributed by atoms with Gasteiger partial charge in [0.1, 0.15) is 11.9 Å². The first-order valence-electron chi connectivity index (χ1n) is 8.95. The van der Waals surface area contributed by atoms with E-state index in [2.05, 4.69) is 25.8 Å². The first kappa shape index (κ1) is 21.4. The number of aromatic nitrogens is 3. The molecule has 0 radical (unpaired) electrons. The van der Waals surface area contributed by atoms with Gasteiger partial charge in [-0.1, -0.05) is 34.8 Å². The topological polar surface area (TPSA) is 129 Å². The average Bonchev–Trinajstić information content (AvgIpc) is 3.18. The summed E-state index contributed by atoms with van der Waals surface area (Å²) >= 11 is 0. The number of urea groups is 1. The number of hydroxylamine groups is 1. The predicted octanol–water partition coefficient (Wildman–Crippen LogP) is 2.21. The number of anilines is 1. The number of hydrogen-bond acceptors (Lipinski definition) is 6. The molecule has 11 heteroatoms. The fraction of sp³-hybridized carbons (Fsp3) is 0.211. The number of amides is 2. The molecular weight excluding hydrogens is 408 g/mol. The molecule has 1 unspecified atom stereocenters. The molecule has 0 bridgehead atoms. The minimum Gasteiger partial charge on any atom is -0.324 e. The van der Waals surface area contributed by atoms with Gasteiger partial charge in [0.2, 0.25) is 0 Å². The van der Waals surface area contributed by atoms with Gasteiger partial charge in [-0.25, -0.2) is 18.2 Å². The monoisotopic (exact) mass is 430 g/mol. The van der Waals surface area contributed by atoms with Crippen LogP contribution in [0.1, 0.15) is 23.3 Å². The lowest BCUT2D eigenvalue weighted by atomic mass is 10.1. The Bertz CT molecular complexity index is 1100. The number of carbonyl (C=O) groups excluding carboxylic acids is 1. The van der Waals surface area contributed by atoms with Crippen LogP contribution in [0.5, 0.6) is 0 Å². The van der Waals surface area contributed by atoms with Gasteiger partial charge in [-0.2, -0.15) is 5.10 Å². The van der Waals surface area contributed by atoms with Crippen molar-refractivity contribution in [1.29, 1.82) is 0 Å². The maximum Gasteiger partial charge on any atom is 0.320 e. The summed E-state index contributed by atoms with van der Waals surface area (Å²) in [5.41, 5.74) is 1.24. The predicted molar refractivity (Wildman–Crippen MR) is 110 cm³/mol.